The molecule has 0 unspecified atom stereocenters. The second-order valence-electron chi connectivity index (χ2n) is 8.71. The van der Waals surface area contributed by atoms with Gasteiger partial charge in [0.2, 0.25) is 0 Å². The van der Waals surface area contributed by atoms with Gasteiger partial charge in [-0.2, -0.15) is 0 Å². The zero-order chi connectivity index (χ0) is 20.4. The second-order valence-corrected chi connectivity index (χ2v) is 8.71. The summed E-state index contributed by atoms with van der Waals surface area (Å²) >= 11 is 0. The SMILES string of the molecule is COc1ccc([C@H]2[C@@H]3CCCC[C@]3(O)CCN2Cc2ccc(C)cc2)c(OC)c1. The zero-order valence-electron chi connectivity index (χ0n) is 17.9. The van der Waals surface area contributed by atoms with Crippen molar-refractivity contribution >= 4 is 0 Å². The Kier molecular flexibility index (Phi) is 5.84. The maximum Gasteiger partial charge on any atom is 0.127 e. The van der Waals surface area contributed by atoms with Crippen molar-refractivity contribution in [3.8, 4) is 11.5 Å². The summed E-state index contributed by atoms with van der Waals surface area (Å²) in [6.45, 7) is 3.89. The first kappa shape index (κ1) is 20.2. The molecule has 4 heteroatoms. The first-order valence-corrected chi connectivity index (χ1v) is 10.8. The quantitative estimate of drug-likeness (QED) is 0.783. The molecule has 156 valence electrons. The molecule has 0 aromatic heterocycles. The van der Waals surface area contributed by atoms with Crippen molar-refractivity contribution in [2.75, 3.05) is 20.8 Å². The first-order valence-electron chi connectivity index (χ1n) is 10.8. The van der Waals surface area contributed by atoms with E-state index in [1.807, 2.05) is 12.1 Å². The lowest BCUT2D eigenvalue weighted by atomic mass is 9.66. The average molecular weight is 396 g/mol. The highest BCUT2D eigenvalue weighted by Crippen LogP contribution is 2.51. The normalized spacial score (nSPS) is 27.3. The number of ether oxygens (including phenoxy) is 2. The van der Waals surface area contributed by atoms with E-state index in [2.05, 4.69) is 42.2 Å². The van der Waals surface area contributed by atoms with E-state index in [1.165, 1.54) is 17.5 Å². The fraction of sp³-hybridized carbons (Fsp3) is 0.520. The molecule has 1 N–H and O–H groups in total. The van der Waals surface area contributed by atoms with Crippen molar-refractivity contribution in [2.24, 2.45) is 5.92 Å². The van der Waals surface area contributed by atoms with Gasteiger partial charge in [0.25, 0.3) is 0 Å². The first-order chi connectivity index (χ1) is 14.0. The summed E-state index contributed by atoms with van der Waals surface area (Å²) in [5.74, 6) is 1.86. The smallest absolute Gasteiger partial charge is 0.127 e. The molecule has 0 bridgehead atoms. The molecule has 1 heterocycles. The van der Waals surface area contributed by atoms with Crippen LogP contribution in [0.25, 0.3) is 0 Å². The number of fused-ring (bicyclic) bond motifs is 1. The third-order valence-corrected chi connectivity index (χ3v) is 6.94. The number of likely N-dealkylation sites (tertiary alicyclic amines) is 1. The number of hydrogen-bond acceptors (Lipinski definition) is 4. The minimum atomic E-state index is -0.572. The van der Waals surface area contributed by atoms with Gasteiger partial charge in [0.1, 0.15) is 11.5 Å². The Morgan fingerprint density at radius 3 is 2.55 bits per heavy atom. The van der Waals surface area contributed by atoms with Crippen LogP contribution in [0.5, 0.6) is 11.5 Å². The van der Waals surface area contributed by atoms with Gasteiger partial charge in [-0.3, -0.25) is 4.90 Å². The van der Waals surface area contributed by atoms with E-state index in [9.17, 15) is 5.11 Å². The number of benzene rings is 2. The van der Waals surface area contributed by atoms with Gasteiger partial charge in [-0.1, -0.05) is 48.7 Å². The van der Waals surface area contributed by atoms with Crippen molar-refractivity contribution in [1.82, 2.24) is 4.90 Å². The van der Waals surface area contributed by atoms with E-state index < -0.39 is 5.60 Å². The van der Waals surface area contributed by atoms with Crippen LogP contribution in [0.15, 0.2) is 42.5 Å². The van der Waals surface area contributed by atoms with E-state index in [-0.39, 0.29) is 12.0 Å². The Morgan fingerprint density at radius 1 is 1.03 bits per heavy atom. The van der Waals surface area contributed by atoms with E-state index in [4.69, 9.17) is 9.47 Å². The summed E-state index contributed by atoms with van der Waals surface area (Å²) < 4.78 is 11.2. The van der Waals surface area contributed by atoms with E-state index >= 15 is 0 Å². The summed E-state index contributed by atoms with van der Waals surface area (Å²) in [4.78, 5) is 2.54. The van der Waals surface area contributed by atoms with E-state index in [0.29, 0.717) is 0 Å². The minimum Gasteiger partial charge on any atom is -0.497 e. The van der Waals surface area contributed by atoms with Crippen LogP contribution < -0.4 is 9.47 Å². The molecule has 2 aliphatic rings. The Hall–Kier alpha value is -2.04. The molecule has 29 heavy (non-hydrogen) atoms. The third-order valence-electron chi connectivity index (χ3n) is 6.94. The van der Waals surface area contributed by atoms with Gasteiger partial charge in [0, 0.05) is 36.7 Å². The van der Waals surface area contributed by atoms with Gasteiger partial charge in [-0.05, 0) is 37.8 Å². The summed E-state index contributed by atoms with van der Waals surface area (Å²) in [6, 6.07) is 15.0. The van der Waals surface area contributed by atoms with Crippen LogP contribution in [-0.4, -0.2) is 36.4 Å². The summed E-state index contributed by atoms with van der Waals surface area (Å²) in [6.07, 6.45) is 5.11. The molecule has 2 aromatic rings. The largest absolute Gasteiger partial charge is 0.497 e. The Morgan fingerprint density at radius 2 is 1.83 bits per heavy atom. The van der Waals surface area contributed by atoms with E-state index in [0.717, 1.165) is 55.8 Å². The molecule has 2 aromatic carbocycles. The Labute approximate surface area is 174 Å². The molecule has 4 nitrogen and oxygen atoms in total. The van der Waals surface area contributed by atoms with Gasteiger partial charge >= 0.3 is 0 Å². The molecule has 2 fully saturated rings. The van der Waals surface area contributed by atoms with Crippen molar-refractivity contribution in [3.63, 3.8) is 0 Å². The number of nitrogens with zero attached hydrogens (tertiary/aromatic N) is 1. The van der Waals surface area contributed by atoms with Crippen LogP contribution >= 0.6 is 0 Å². The van der Waals surface area contributed by atoms with E-state index in [1.54, 1.807) is 14.2 Å². The molecule has 1 saturated heterocycles. The second kappa shape index (κ2) is 8.37. The third kappa shape index (κ3) is 4.01. The van der Waals surface area contributed by atoms with Crippen molar-refractivity contribution in [1.29, 1.82) is 0 Å². The topological polar surface area (TPSA) is 41.9 Å². The number of aliphatic hydroxyl groups is 1. The molecule has 0 radical (unpaired) electrons. The molecule has 0 amide bonds. The fourth-order valence-electron chi connectivity index (χ4n) is 5.32. The lowest BCUT2D eigenvalue weighted by molar-refractivity contribution is -0.126. The summed E-state index contributed by atoms with van der Waals surface area (Å²) in [5, 5.41) is 11.5. The number of rotatable bonds is 5. The minimum absolute atomic E-state index is 0.135. The van der Waals surface area contributed by atoms with Crippen LogP contribution in [0.1, 0.15) is 54.8 Å². The lowest BCUT2D eigenvalue weighted by Crippen LogP contribution is -2.54. The maximum absolute atomic E-state index is 11.5. The number of hydrogen-bond donors (Lipinski definition) is 1. The summed E-state index contributed by atoms with van der Waals surface area (Å²) in [7, 11) is 3.40. The Balaban J connectivity index is 1.73. The number of methoxy groups -OCH3 is 2. The summed E-state index contributed by atoms with van der Waals surface area (Å²) in [5.41, 5.74) is 3.18. The van der Waals surface area contributed by atoms with Gasteiger partial charge in [-0.15, -0.1) is 0 Å². The van der Waals surface area contributed by atoms with Crippen molar-refractivity contribution in [3.05, 3.63) is 59.2 Å². The molecule has 1 saturated carbocycles. The molecular weight excluding hydrogens is 362 g/mol. The monoisotopic (exact) mass is 395 g/mol. The lowest BCUT2D eigenvalue weighted by Gasteiger charge is -2.53. The van der Waals surface area contributed by atoms with Crippen LogP contribution in [0.4, 0.5) is 0 Å². The predicted octanol–water partition coefficient (Wildman–Crippen LogP) is 4.88. The van der Waals surface area contributed by atoms with Crippen LogP contribution in [0.3, 0.4) is 0 Å². The molecule has 4 rings (SSSR count). The highest BCUT2D eigenvalue weighted by Gasteiger charge is 2.49. The average Bonchev–Trinajstić information content (AvgIpc) is 2.75. The van der Waals surface area contributed by atoms with Crippen LogP contribution in [0.2, 0.25) is 0 Å². The molecule has 0 spiro atoms. The molecular formula is C25H33NO3. The van der Waals surface area contributed by atoms with Gasteiger partial charge in [-0.25, -0.2) is 0 Å². The number of piperidine rings is 1. The highest BCUT2D eigenvalue weighted by atomic mass is 16.5. The molecule has 1 aliphatic carbocycles. The highest BCUT2D eigenvalue weighted by molar-refractivity contribution is 5.43. The molecule has 1 aliphatic heterocycles. The standard InChI is InChI=1S/C25H33NO3/c1-18-7-9-19(10-8-18)17-26-15-14-25(27)13-5-4-6-22(25)24(26)21-12-11-20(28-2)16-23(21)29-3/h7-12,16,22,24,27H,4-6,13-15,17H2,1-3H3/t22-,24-,25-/m0/s1. The zero-order valence-corrected chi connectivity index (χ0v) is 17.9. The predicted molar refractivity (Wildman–Crippen MR) is 115 cm³/mol. The van der Waals surface area contributed by atoms with Crippen molar-refractivity contribution in [2.45, 2.75) is 57.2 Å². The van der Waals surface area contributed by atoms with Gasteiger partial charge in [0.05, 0.1) is 19.8 Å². The van der Waals surface area contributed by atoms with Gasteiger partial charge in [0.15, 0.2) is 0 Å². The van der Waals surface area contributed by atoms with Gasteiger partial charge < -0.3 is 14.6 Å². The fourth-order valence-corrected chi connectivity index (χ4v) is 5.32. The number of aryl methyl sites for hydroxylation is 1. The van der Waals surface area contributed by atoms with Crippen molar-refractivity contribution < 1.29 is 14.6 Å². The maximum atomic E-state index is 11.5. The Bertz CT molecular complexity index is 834. The van der Waals surface area contributed by atoms with Crippen LogP contribution in [0, 0.1) is 12.8 Å². The van der Waals surface area contributed by atoms with Crippen LogP contribution in [-0.2, 0) is 6.54 Å². The molecule has 3 atom stereocenters.